The first-order chi connectivity index (χ1) is 32.2. The number of aliphatic hydroxyl groups is 6. The van der Waals surface area contributed by atoms with E-state index in [0.717, 1.165) is 6.92 Å². The lowest BCUT2D eigenvalue weighted by Crippen LogP contribution is -2.82. The van der Waals surface area contributed by atoms with Crippen LogP contribution >= 0.6 is 0 Å². The van der Waals surface area contributed by atoms with Crippen molar-refractivity contribution in [2.24, 2.45) is 16.7 Å². The molecule has 3 aromatic rings. The van der Waals surface area contributed by atoms with Crippen LogP contribution in [0.2, 0.25) is 0 Å². The fourth-order valence-corrected chi connectivity index (χ4v) is 11.3. The van der Waals surface area contributed by atoms with Crippen molar-refractivity contribution in [3.63, 3.8) is 0 Å². The van der Waals surface area contributed by atoms with Gasteiger partial charge in [-0.3, -0.25) is 14.4 Å². The van der Waals surface area contributed by atoms with Gasteiger partial charge in [0.1, 0.15) is 48.3 Å². The summed E-state index contributed by atoms with van der Waals surface area (Å²) in [5.74, 6) is -6.29. The van der Waals surface area contributed by atoms with Crippen LogP contribution in [0.15, 0.2) is 102 Å². The first-order valence-electron chi connectivity index (χ1n) is 22.5. The fourth-order valence-electron chi connectivity index (χ4n) is 11.3. The molecule has 8 rings (SSSR count). The number of carbonyl (C=O) groups excluding carboxylic acids is 5. The van der Waals surface area contributed by atoms with Crippen molar-refractivity contribution >= 4 is 29.6 Å². The van der Waals surface area contributed by atoms with E-state index in [4.69, 9.17) is 28.4 Å². The Morgan fingerprint density at radius 1 is 0.868 bits per heavy atom. The molecule has 15 atom stereocenters. The van der Waals surface area contributed by atoms with Gasteiger partial charge in [0.25, 0.3) is 5.91 Å². The molecule has 18 heteroatoms. The number of esters is 3. The smallest absolute Gasteiger partial charge is 0.338 e. The quantitative estimate of drug-likeness (QED) is 0.0772. The van der Waals surface area contributed by atoms with Crippen LogP contribution in [-0.4, -0.2) is 146 Å². The van der Waals surface area contributed by atoms with Gasteiger partial charge < -0.3 is 64.4 Å². The number of ketones is 1. The van der Waals surface area contributed by atoms with Crippen molar-refractivity contribution in [2.45, 2.75) is 126 Å². The second-order valence-electron chi connectivity index (χ2n) is 19.1. The number of carbonyl (C=O) groups is 5. The van der Waals surface area contributed by atoms with Crippen LogP contribution in [-0.2, 0) is 42.8 Å². The maximum atomic E-state index is 15.7. The summed E-state index contributed by atoms with van der Waals surface area (Å²) in [7, 11) is 0. The van der Waals surface area contributed by atoms with Gasteiger partial charge in [0.2, 0.25) is 0 Å². The van der Waals surface area contributed by atoms with Crippen LogP contribution < -0.4 is 5.32 Å². The second-order valence-corrected chi connectivity index (χ2v) is 19.1. The molecular weight excluding hydrogens is 887 g/mol. The standard InChI is InChI=1S/C50H57NO17/c1-25-30(64-45(61)38(56)35(27-15-9-6-10-16-27)51-43(59)28-17-11-7-12-18-28)22-50(62)42(67-44(60)29-19-13-8-14-20-29)40-48(5,41(58)37(55)34(25)47(50,3)4)32(21-33-49(40,24-63-33)68-26(2)53)66-46-39(57)36(54)31(23-52)65-46/h6-20,30-33,35-40,42,46,52,54-57,62H,21-24H2,1-5H3,(H,51,59)/t30-,31+,32-,33+,35-,36-,37+,38+,39+,40-,42-,46-,48+,49-,50+/m0/s1. The first kappa shape index (κ1) is 49.0. The van der Waals surface area contributed by atoms with Crippen molar-refractivity contribution in [1.29, 1.82) is 0 Å². The summed E-state index contributed by atoms with van der Waals surface area (Å²) >= 11 is 0. The van der Waals surface area contributed by atoms with Crippen molar-refractivity contribution in [1.82, 2.24) is 5.32 Å². The third-order valence-corrected chi connectivity index (χ3v) is 15.0. The van der Waals surface area contributed by atoms with Gasteiger partial charge in [-0.25, -0.2) is 9.59 Å². The summed E-state index contributed by atoms with van der Waals surface area (Å²) in [5, 5.41) is 72.6. The zero-order chi connectivity index (χ0) is 49.1. The van der Waals surface area contributed by atoms with E-state index in [9.17, 15) is 49.8 Å². The van der Waals surface area contributed by atoms with E-state index in [1.54, 1.807) is 78.9 Å². The lowest BCUT2D eigenvalue weighted by molar-refractivity contribution is -0.358. The summed E-state index contributed by atoms with van der Waals surface area (Å²) in [5.41, 5.74) is -7.60. The summed E-state index contributed by atoms with van der Waals surface area (Å²) in [6, 6.07) is 22.7. The molecule has 0 unspecified atom stereocenters. The van der Waals surface area contributed by atoms with Crippen LogP contribution in [0.1, 0.15) is 79.8 Å². The fraction of sp³-hybridized carbons (Fsp3) is 0.500. The molecule has 18 nitrogen and oxygen atoms in total. The summed E-state index contributed by atoms with van der Waals surface area (Å²) in [6.07, 6.45) is -17.3. The third kappa shape index (κ3) is 8.04. The van der Waals surface area contributed by atoms with Crippen molar-refractivity contribution in [3.8, 4) is 0 Å². The van der Waals surface area contributed by atoms with Crippen molar-refractivity contribution in [2.75, 3.05) is 13.2 Å². The van der Waals surface area contributed by atoms with Crippen LogP contribution in [0.5, 0.6) is 0 Å². The third-order valence-electron chi connectivity index (χ3n) is 15.0. The number of Topliss-reactive ketones (excluding diaryl/α,β-unsaturated/α-hetero) is 1. The molecular formula is C50H57NO17. The Labute approximate surface area is 391 Å². The number of hydrogen-bond donors (Lipinski definition) is 7. The van der Waals surface area contributed by atoms with Gasteiger partial charge in [-0.1, -0.05) is 80.6 Å². The minimum Gasteiger partial charge on any atom is -0.456 e. The number of fused-ring (bicyclic) bond motifs is 5. The van der Waals surface area contributed by atoms with E-state index < -0.39 is 138 Å². The lowest BCUT2D eigenvalue weighted by Gasteiger charge is -2.67. The lowest BCUT2D eigenvalue weighted by atomic mass is 9.44. The van der Waals surface area contributed by atoms with Gasteiger partial charge in [-0.2, -0.15) is 0 Å². The molecule has 2 saturated carbocycles. The van der Waals surface area contributed by atoms with E-state index in [1.165, 1.54) is 39.8 Å². The molecule has 0 spiro atoms. The highest BCUT2D eigenvalue weighted by Crippen LogP contribution is 2.65. The molecule has 2 bridgehead atoms. The minimum atomic E-state index is -2.47. The van der Waals surface area contributed by atoms with Crippen LogP contribution in [0.4, 0.5) is 0 Å². The maximum absolute atomic E-state index is 15.7. The van der Waals surface area contributed by atoms with Gasteiger partial charge in [-0.05, 0) is 54.8 Å². The van der Waals surface area contributed by atoms with Crippen molar-refractivity contribution in [3.05, 3.63) is 119 Å². The molecule has 1 amide bonds. The van der Waals surface area contributed by atoms with Crippen molar-refractivity contribution < 1.29 is 83.0 Å². The van der Waals surface area contributed by atoms with Gasteiger partial charge in [0.05, 0.1) is 42.3 Å². The number of amides is 1. The predicted octanol–water partition coefficient (Wildman–Crippen LogP) is 1.63. The van der Waals surface area contributed by atoms with Crippen LogP contribution in [0, 0.1) is 16.7 Å². The molecule has 4 fully saturated rings. The molecule has 0 radical (unpaired) electrons. The monoisotopic (exact) mass is 943 g/mol. The molecule has 68 heavy (non-hydrogen) atoms. The van der Waals surface area contributed by atoms with Gasteiger partial charge in [-0.15, -0.1) is 0 Å². The number of ether oxygens (including phenoxy) is 6. The van der Waals surface area contributed by atoms with E-state index in [1.807, 2.05) is 0 Å². The Bertz CT molecular complexity index is 2430. The number of aliphatic hydroxyl groups excluding tert-OH is 5. The van der Waals surface area contributed by atoms with E-state index in [0.29, 0.717) is 5.56 Å². The predicted molar refractivity (Wildman–Crippen MR) is 235 cm³/mol. The first-order valence-corrected chi connectivity index (χ1v) is 22.5. The highest BCUT2D eigenvalue weighted by atomic mass is 16.7. The van der Waals surface area contributed by atoms with Gasteiger partial charge in [0, 0.05) is 30.7 Å². The highest BCUT2D eigenvalue weighted by molar-refractivity contribution is 5.95. The zero-order valence-corrected chi connectivity index (χ0v) is 38.1. The Morgan fingerprint density at radius 3 is 2.03 bits per heavy atom. The van der Waals surface area contributed by atoms with Crippen LogP contribution in [0.25, 0.3) is 0 Å². The number of hydrogen-bond acceptors (Lipinski definition) is 17. The normalized spacial score (nSPS) is 35.8. The van der Waals surface area contributed by atoms with Gasteiger partial charge >= 0.3 is 17.9 Å². The Hall–Kier alpha value is -5.41. The Morgan fingerprint density at radius 2 is 1.47 bits per heavy atom. The topological polar surface area (TPSA) is 274 Å². The van der Waals surface area contributed by atoms with E-state index in [-0.39, 0.29) is 35.3 Å². The number of nitrogens with one attached hydrogen (secondary N) is 1. The molecule has 0 aromatic heterocycles. The zero-order valence-electron chi connectivity index (χ0n) is 38.1. The molecule has 3 aliphatic carbocycles. The average molecular weight is 944 g/mol. The largest absolute Gasteiger partial charge is 0.456 e. The Balaban J connectivity index is 1.26. The molecule has 2 aliphatic heterocycles. The average Bonchev–Trinajstić information content (AvgIpc) is 3.59. The minimum absolute atomic E-state index is 0.0282. The second kappa shape index (κ2) is 18.5. The molecule has 5 aliphatic rings. The molecule has 2 heterocycles. The van der Waals surface area contributed by atoms with E-state index in [2.05, 4.69) is 5.32 Å². The molecule has 3 aromatic carbocycles. The SMILES string of the molecule is CC(=O)O[C@@]12CO[C@@H]1C[C@H](O[C@@H]1O[C@H](CO)[C@H](O)[C@H]1O)[C@@]1(C)C(=O)[C@H](O)C3=C(C)[C@@H](OC(=O)[C@H](O)[C@@H](NC(=O)c4ccccc4)c4ccccc4)C[C@@](O)([C@@H](OC(=O)c4ccccc4)[C@H]21)C3(C)C. The Kier molecular flexibility index (Phi) is 13.3. The number of rotatable bonds is 12. The summed E-state index contributed by atoms with van der Waals surface area (Å²) in [6.45, 7) is 5.98. The maximum Gasteiger partial charge on any atom is 0.338 e. The number of benzene rings is 3. The molecule has 2 saturated heterocycles. The highest BCUT2D eigenvalue weighted by Gasteiger charge is 2.78. The van der Waals surface area contributed by atoms with Crippen LogP contribution in [0.3, 0.4) is 0 Å². The molecule has 7 N–H and O–H groups in total. The van der Waals surface area contributed by atoms with E-state index >= 15 is 4.79 Å². The van der Waals surface area contributed by atoms with Gasteiger partial charge in [0.15, 0.2) is 23.8 Å². The summed E-state index contributed by atoms with van der Waals surface area (Å²) < 4.78 is 36.8. The summed E-state index contributed by atoms with van der Waals surface area (Å²) in [4.78, 5) is 71.3. The molecule has 364 valence electrons.